The molecule has 0 spiro atoms. The summed E-state index contributed by atoms with van der Waals surface area (Å²) in [7, 11) is 1.70. The van der Waals surface area contributed by atoms with Crippen LogP contribution < -0.4 is 15.4 Å². The molecule has 0 radical (unpaired) electrons. The van der Waals surface area contributed by atoms with Gasteiger partial charge in [-0.3, -0.25) is 0 Å². The van der Waals surface area contributed by atoms with Gasteiger partial charge in [0.25, 0.3) is 0 Å². The molecule has 0 aliphatic carbocycles. The number of nitrogens with one attached hydrogen (secondary N) is 2. The Bertz CT molecular complexity index is 430. The number of aryl methyl sites for hydroxylation is 1. The first kappa shape index (κ1) is 16.3. The molecule has 0 bridgehead atoms. The third kappa shape index (κ3) is 5.51. The summed E-state index contributed by atoms with van der Waals surface area (Å²) in [5, 5.41) is 6.61. The average Bonchev–Trinajstić information content (AvgIpc) is 2.45. The Morgan fingerprint density at radius 3 is 2.65 bits per heavy atom. The van der Waals surface area contributed by atoms with Gasteiger partial charge in [-0.25, -0.2) is 4.99 Å². The van der Waals surface area contributed by atoms with Crippen molar-refractivity contribution in [3.63, 3.8) is 0 Å². The maximum Gasteiger partial charge on any atom is 0.191 e. The molecule has 0 aromatic heterocycles. The summed E-state index contributed by atoms with van der Waals surface area (Å²) in [6.45, 7) is 8.83. The Hall–Kier alpha value is -1.71. The van der Waals surface area contributed by atoms with Crippen LogP contribution in [-0.4, -0.2) is 26.2 Å². The van der Waals surface area contributed by atoms with E-state index in [1.54, 1.807) is 7.11 Å². The summed E-state index contributed by atoms with van der Waals surface area (Å²) < 4.78 is 5.27. The molecule has 0 heterocycles. The van der Waals surface area contributed by atoms with Crippen molar-refractivity contribution in [2.24, 2.45) is 4.99 Å². The molecule has 0 aliphatic rings. The lowest BCUT2D eigenvalue weighted by Gasteiger charge is -2.11. The van der Waals surface area contributed by atoms with Gasteiger partial charge in [-0.1, -0.05) is 25.5 Å². The van der Waals surface area contributed by atoms with Crippen LogP contribution in [0.1, 0.15) is 37.8 Å². The number of unbranched alkanes of at least 4 members (excludes halogenated alkanes) is 1. The van der Waals surface area contributed by atoms with Gasteiger partial charge in [-0.2, -0.15) is 0 Å². The van der Waals surface area contributed by atoms with Gasteiger partial charge in [-0.15, -0.1) is 0 Å². The summed E-state index contributed by atoms with van der Waals surface area (Å²) in [4.78, 5) is 4.61. The van der Waals surface area contributed by atoms with Crippen molar-refractivity contribution in [2.75, 3.05) is 20.2 Å². The third-order valence-corrected chi connectivity index (χ3v) is 3.05. The van der Waals surface area contributed by atoms with Gasteiger partial charge in [0.2, 0.25) is 0 Å². The van der Waals surface area contributed by atoms with E-state index in [-0.39, 0.29) is 0 Å². The number of nitrogens with zero attached hydrogens (tertiary/aromatic N) is 1. The highest BCUT2D eigenvalue weighted by atomic mass is 16.5. The summed E-state index contributed by atoms with van der Waals surface area (Å²) in [5.74, 6) is 1.81. The first-order valence-electron chi connectivity index (χ1n) is 7.37. The first-order valence-corrected chi connectivity index (χ1v) is 7.37. The van der Waals surface area contributed by atoms with E-state index in [1.807, 2.05) is 6.07 Å². The first-order chi connectivity index (χ1) is 9.71. The Morgan fingerprint density at radius 1 is 1.25 bits per heavy atom. The quantitative estimate of drug-likeness (QED) is 0.457. The molecule has 4 heteroatoms. The zero-order valence-electron chi connectivity index (χ0n) is 13.1. The van der Waals surface area contributed by atoms with E-state index in [0.29, 0.717) is 6.54 Å². The molecule has 0 saturated carbocycles. The van der Waals surface area contributed by atoms with Crippen LogP contribution in [0, 0.1) is 6.92 Å². The second kappa shape index (κ2) is 9.23. The fraction of sp³-hybridized carbons (Fsp3) is 0.562. The van der Waals surface area contributed by atoms with E-state index in [9.17, 15) is 0 Å². The standard InChI is InChI=1S/C16H27N3O/c1-5-7-10-18-16(17-6-2)19-12-14-8-9-15(20-4)13(3)11-14/h8-9,11H,5-7,10,12H2,1-4H3,(H2,17,18,19). The maximum atomic E-state index is 5.27. The van der Waals surface area contributed by atoms with Crippen LogP contribution in [0.2, 0.25) is 0 Å². The molecule has 20 heavy (non-hydrogen) atoms. The SMILES string of the molecule is CCCCNC(=NCc1ccc(OC)c(C)c1)NCC. The van der Waals surface area contributed by atoms with Crippen molar-refractivity contribution in [2.45, 2.75) is 40.2 Å². The average molecular weight is 277 g/mol. The van der Waals surface area contributed by atoms with E-state index < -0.39 is 0 Å². The number of rotatable bonds is 7. The number of ether oxygens (including phenoxy) is 1. The molecule has 0 fully saturated rings. The molecule has 0 aliphatic heterocycles. The van der Waals surface area contributed by atoms with Gasteiger partial charge >= 0.3 is 0 Å². The van der Waals surface area contributed by atoms with Crippen LogP contribution in [0.15, 0.2) is 23.2 Å². The van der Waals surface area contributed by atoms with Gasteiger partial charge in [0, 0.05) is 13.1 Å². The molecule has 0 atom stereocenters. The smallest absolute Gasteiger partial charge is 0.191 e. The molecule has 2 N–H and O–H groups in total. The second-order valence-corrected chi connectivity index (χ2v) is 4.78. The number of hydrogen-bond donors (Lipinski definition) is 2. The Labute approximate surface area is 122 Å². The van der Waals surface area contributed by atoms with Crippen molar-refractivity contribution < 1.29 is 4.74 Å². The number of aliphatic imine (C=N–C) groups is 1. The Morgan fingerprint density at radius 2 is 2.05 bits per heavy atom. The predicted octanol–water partition coefficient (Wildman–Crippen LogP) is 2.86. The van der Waals surface area contributed by atoms with E-state index >= 15 is 0 Å². The zero-order chi connectivity index (χ0) is 14.8. The van der Waals surface area contributed by atoms with Gasteiger partial charge in [-0.05, 0) is 37.5 Å². The minimum atomic E-state index is 0.673. The molecule has 0 amide bonds. The number of hydrogen-bond acceptors (Lipinski definition) is 2. The van der Waals surface area contributed by atoms with Gasteiger partial charge in [0.15, 0.2) is 5.96 Å². The van der Waals surface area contributed by atoms with Crippen LogP contribution in [0.4, 0.5) is 0 Å². The predicted molar refractivity (Wildman–Crippen MR) is 85.5 cm³/mol. The highest BCUT2D eigenvalue weighted by molar-refractivity contribution is 5.79. The number of benzene rings is 1. The minimum Gasteiger partial charge on any atom is -0.496 e. The molecule has 4 nitrogen and oxygen atoms in total. The van der Waals surface area contributed by atoms with Gasteiger partial charge in [0.1, 0.15) is 5.75 Å². The summed E-state index contributed by atoms with van der Waals surface area (Å²) in [6.07, 6.45) is 2.34. The van der Waals surface area contributed by atoms with Crippen molar-refractivity contribution in [1.82, 2.24) is 10.6 Å². The Balaban J connectivity index is 2.63. The monoisotopic (exact) mass is 277 g/mol. The molecule has 112 valence electrons. The largest absolute Gasteiger partial charge is 0.496 e. The highest BCUT2D eigenvalue weighted by Gasteiger charge is 2.00. The summed E-state index contributed by atoms with van der Waals surface area (Å²) in [6, 6.07) is 6.18. The van der Waals surface area contributed by atoms with Crippen LogP contribution in [0.5, 0.6) is 5.75 Å². The molecule has 1 aromatic rings. The number of guanidine groups is 1. The molecular formula is C16H27N3O. The third-order valence-electron chi connectivity index (χ3n) is 3.05. The normalized spacial score (nSPS) is 11.3. The molecule has 0 saturated heterocycles. The molecule has 1 rings (SSSR count). The van der Waals surface area contributed by atoms with E-state index in [1.165, 1.54) is 12.0 Å². The van der Waals surface area contributed by atoms with Crippen molar-refractivity contribution in [3.05, 3.63) is 29.3 Å². The molecule has 0 unspecified atom stereocenters. The van der Waals surface area contributed by atoms with E-state index in [4.69, 9.17) is 4.74 Å². The Kier molecular flexibility index (Phi) is 7.55. The van der Waals surface area contributed by atoms with E-state index in [2.05, 4.69) is 48.5 Å². The summed E-state index contributed by atoms with van der Waals surface area (Å²) >= 11 is 0. The molecular weight excluding hydrogens is 250 g/mol. The molecule has 1 aromatic carbocycles. The fourth-order valence-corrected chi connectivity index (χ4v) is 1.93. The summed E-state index contributed by atoms with van der Waals surface area (Å²) in [5.41, 5.74) is 2.33. The van der Waals surface area contributed by atoms with Gasteiger partial charge in [0.05, 0.1) is 13.7 Å². The van der Waals surface area contributed by atoms with Crippen LogP contribution in [-0.2, 0) is 6.54 Å². The minimum absolute atomic E-state index is 0.673. The van der Waals surface area contributed by atoms with Gasteiger partial charge < -0.3 is 15.4 Å². The van der Waals surface area contributed by atoms with Crippen LogP contribution >= 0.6 is 0 Å². The van der Waals surface area contributed by atoms with Crippen LogP contribution in [0.3, 0.4) is 0 Å². The maximum absolute atomic E-state index is 5.27. The highest BCUT2D eigenvalue weighted by Crippen LogP contribution is 2.18. The lowest BCUT2D eigenvalue weighted by Crippen LogP contribution is -2.37. The second-order valence-electron chi connectivity index (χ2n) is 4.78. The zero-order valence-corrected chi connectivity index (χ0v) is 13.1. The topological polar surface area (TPSA) is 45.7 Å². The lowest BCUT2D eigenvalue weighted by atomic mass is 10.1. The van der Waals surface area contributed by atoms with Crippen molar-refractivity contribution in [3.8, 4) is 5.75 Å². The fourth-order valence-electron chi connectivity index (χ4n) is 1.93. The van der Waals surface area contributed by atoms with Crippen molar-refractivity contribution >= 4 is 5.96 Å². The number of methoxy groups -OCH3 is 1. The van der Waals surface area contributed by atoms with Crippen LogP contribution in [0.25, 0.3) is 0 Å². The van der Waals surface area contributed by atoms with E-state index in [0.717, 1.165) is 36.8 Å². The van der Waals surface area contributed by atoms with Crippen molar-refractivity contribution in [1.29, 1.82) is 0 Å². The lowest BCUT2D eigenvalue weighted by molar-refractivity contribution is 0.411.